The third-order valence-corrected chi connectivity index (χ3v) is 4.93. The summed E-state index contributed by atoms with van der Waals surface area (Å²) < 4.78 is 5.37. The fourth-order valence-corrected chi connectivity index (χ4v) is 3.13. The second-order valence-electron chi connectivity index (χ2n) is 7.21. The van der Waals surface area contributed by atoms with Crippen molar-refractivity contribution in [1.29, 1.82) is 0 Å². The molecule has 1 unspecified atom stereocenters. The molecule has 1 saturated heterocycles. The van der Waals surface area contributed by atoms with E-state index in [1.54, 1.807) is 6.92 Å². The second kappa shape index (κ2) is 7.45. The zero-order valence-corrected chi connectivity index (χ0v) is 14.9. The van der Waals surface area contributed by atoms with Crippen molar-refractivity contribution < 1.29 is 24.2 Å². The van der Waals surface area contributed by atoms with Gasteiger partial charge < -0.3 is 20.5 Å². The maximum Gasteiger partial charge on any atom is 0.333 e. The number of carboxylic acids is 1. The Morgan fingerprint density at radius 3 is 2.35 bits per heavy atom. The van der Waals surface area contributed by atoms with Crippen LogP contribution >= 0.6 is 0 Å². The minimum atomic E-state index is -1.04. The zero-order valence-electron chi connectivity index (χ0n) is 14.9. The molecule has 0 spiro atoms. The first-order valence-corrected chi connectivity index (χ1v) is 8.94. The van der Waals surface area contributed by atoms with Crippen LogP contribution in [-0.2, 0) is 19.1 Å². The molecule has 3 rings (SSSR count). The van der Waals surface area contributed by atoms with Gasteiger partial charge in [-0.25, -0.2) is 4.79 Å². The van der Waals surface area contributed by atoms with Gasteiger partial charge in [0, 0.05) is 11.6 Å². The molecule has 2 aliphatic rings. The molecule has 0 aromatic heterocycles. The van der Waals surface area contributed by atoms with Crippen molar-refractivity contribution in [2.75, 3.05) is 5.32 Å². The molecular formula is C19H24N2O5. The van der Waals surface area contributed by atoms with Crippen molar-refractivity contribution in [2.45, 2.75) is 51.4 Å². The fraction of sp³-hybridized carbons (Fsp3) is 0.526. The van der Waals surface area contributed by atoms with Gasteiger partial charge in [-0.3, -0.25) is 9.59 Å². The van der Waals surface area contributed by atoms with Crippen LogP contribution in [0.25, 0.3) is 0 Å². The van der Waals surface area contributed by atoms with Crippen molar-refractivity contribution in [3.63, 3.8) is 0 Å². The molecule has 2 fully saturated rings. The van der Waals surface area contributed by atoms with Crippen LogP contribution in [-0.4, -0.2) is 35.1 Å². The van der Waals surface area contributed by atoms with Gasteiger partial charge in [-0.15, -0.1) is 0 Å². The van der Waals surface area contributed by atoms with Gasteiger partial charge >= 0.3 is 5.97 Å². The van der Waals surface area contributed by atoms with Crippen molar-refractivity contribution in [1.82, 2.24) is 5.32 Å². The Balaban J connectivity index is 1.54. The highest BCUT2D eigenvalue weighted by Gasteiger charge is 2.40. The lowest BCUT2D eigenvalue weighted by Gasteiger charge is -2.18. The third-order valence-electron chi connectivity index (χ3n) is 4.93. The topological polar surface area (TPSA) is 105 Å². The highest BCUT2D eigenvalue weighted by Crippen LogP contribution is 2.30. The van der Waals surface area contributed by atoms with Crippen LogP contribution in [0, 0.1) is 11.8 Å². The van der Waals surface area contributed by atoms with E-state index in [0.717, 1.165) is 24.1 Å². The molecule has 7 heteroatoms. The number of nitrogens with one attached hydrogen (secondary N) is 2. The summed E-state index contributed by atoms with van der Waals surface area (Å²) in [5, 5.41) is 14.8. The number of amides is 2. The van der Waals surface area contributed by atoms with Crippen LogP contribution in [0.4, 0.5) is 5.69 Å². The van der Waals surface area contributed by atoms with E-state index < -0.39 is 18.2 Å². The molecule has 3 N–H and O–H groups in total. The maximum absolute atomic E-state index is 12.4. The Morgan fingerprint density at radius 1 is 1.15 bits per heavy atom. The highest BCUT2D eigenvalue weighted by molar-refractivity contribution is 5.94. The number of benzene rings is 1. The van der Waals surface area contributed by atoms with Gasteiger partial charge in [0.05, 0.1) is 6.04 Å². The van der Waals surface area contributed by atoms with E-state index in [2.05, 4.69) is 10.6 Å². The molecule has 1 aromatic rings. The number of aliphatic carboxylic acids is 1. The Kier molecular flexibility index (Phi) is 5.27. The molecular weight excluding hydrogens is 336 g/mol. The normalized spacial score (nSPS) is 26.2. The minimum absolute atomic E-state index is 0.0552. The van der Waals surface area contributed by atoms with Crippen LogP contribution in [0.15, 0.2) is 24.3 Å². The van der Waals surface area contributed by atoms with Crippen molar-refractivity contribution in [3.05, 3.63) is 29.8 Å². The van der Waals surface area contributed by atoms with Crippen molar-refractivity contribution in [2.24, 2.45) is 11.8 Å². The quantitative estimate of drug-likeness (QED) is 0.720. The summed E-state index contributed by atoms with van der Waals surface area (Å²) in [4.78, 5) is 35.2. The van der Waals surface area contributed by atoms with E-state index in [0.29, 0.717) is 6.42 Å². The Hall–Kier alpha value is -2.41. The average Bonchev–Trinajstić information content (AvgIpc) is 3.37. The van der Waals surface area contributed by atoms with Gasteiger partial charge in [0.25, 0.3) is 0 Å². The molecule has 2 amide bonds. The molecule has 140 valence electrons. The van der Waals surface area contributed by atoms with Gasteiger partial charge in [-0.2, -0.15) is 0 Å². The monoisotopic (exact) mass is 360 g/mol. The lowest BCUT2D eigenvalue weighted by molar-refractivity contribution is -0.153. The molecule has 1 aliphatic carbocycles. The average molecular weight is 360 g/mol. The van der Waals surface area contributed by atoms with Crippen LogP contribution in [0.1, 0.15) is 44.7 Å². The van der Waals surface area contributed by atoms with Crippen molar-refractivity contribution in [3.8, 4) is 0 Å². The number of carbonyl (C=O) groups excluding carboxylic acids is 2. The van der Waals surface area contributed by atoms with Gasteiger partial charge in [0.1, 0.15) is 6.10 Å². The van der Waals surface area contributed by atoms with Crippen molar-refractivity contribution >= 4 is 23.5 Å². The number of ether oxygens (including phenoxy) is 1. The number of hydrogen-bond donors (Lipinski definition) is 3. The maximum atomic E-state index is 12.4. The van der Waals surface area contributed by atoms with Crippen LogP contribution in [0.5, 0.6) is 0 Å². The Bertz CT molecular complexity index is 698. The van der Waals surface area contributed by atoms with E-state index in [1.165, 1.54) is 0 Å². The van der Waals surface area contributed by atoms with Crippen LogP contribution < -0.4 is 10.6 Å². The number of anilines is 1. The van der Waals surface area contributed by atoms with Crippen LogP contribution in [0.3, 0.4) is 0 Å². The fourth-order valence-electron chi connectivity index (χ4n) is 3.13. The summed E-state index contributed by atoms with van der Waals surface area (Å²) in [6.45, 7) is 3.62. The molecule has 7 nitrogen and oxygen atoms in total. The lowest BCUT2D eigenvalue weighted by atomic mass is 10.0. The molecule has 0 bridgehead atoms. The standard InChI is InChI=1S/C19H24N2O5/c1-10-9-15(26-16(10)19(24)25)18(23)20-11(2)12-5-7-14(8-6-12)21-17(22)13-3-4-13/h5-8,10-11,13,15-16H,3-4,9H2,1-2H3,(H,20,23)(H,21,22)(H,24,25)/t10-,11?,15-,16-/m0/s1. The predicted molar refractivity (Wildman–Crippen MR) is 94.4 cm³/mol. The summed E-state index contributed by atoms with van der Waals surface area (Å²) in [7, 11) is 0. The third kappa shape index (κ3) is 4.22. The van der Waals surface area contributed by atoms with E-state index in [1.807, 2.05) is 31.2 Å². The van der Waals surface area contributed by atoms with Gasteiger partial charge in [0.2, 0.25) is 11.8 Å². The second-order valence-corrected chi connectivity index (χ2v) is 7.21. The van der Waals surface area contributed by atoms with Gasteiger partial charge in [0.15, 0.2) is 6.10 Å². The molecule has 1 aromatic carbocycles. The summed E-state index contributed by atoms with van der Waals surface area (Å²) >= 11 is 0. The largest absolute Gasteiger partial charge is 0.479 e. The summed E-state index contributed by atoms with van der Waals surface area (Å²) in [5.74, 6) is -1.34. The van der Waals surface area contributed by atoms with Crippen LogP contribution in [0.2, 0.25) is 0 Å². The first-order valence-electron chi connectivity index (χ1n) is 8.94. The predicted octanol–water partition coefficient (Wildman–Crippen LogP) is 2.09. The molecule has 0 radical (unpaired) electrons. The van der Waals surface area contributed by atoms with E-state index >= 15 is 0 Å². The number of rotatable bonds is 6. The Labute approximate surface area is 152 Å². The summed E-state index contributed by atoms with van der Waals surface area (Å²) in [5.41, 5.74) is 1.63. The lowest BCUT2D eigenvalue weighted by Crippen LogP contribution is -2.37. The molecule has 4 atom stereocenters. The van der Waals surface area contributed by atoms with E-state index in [4.69, 9.17) is 9.84 Å². The van der Waals surface area contributed by atoms with Gasteiger partial charge in [-0.1, -0.05) is 19.1 Å². The number of carbonyl (C=O) groups is 3. The molecule has 26 heavy (non-hydrogen) atoms. The zero-order chi connectivity index (χ0) is 18.8. The highest BCUT2D eigenvalue weighted by atomic mass is 16.5. The summed E-state index contributed by atoms with van der Waals surface area (Å²) in [6, 6.07) is 7.08. The first-order chi connectivity index (χ1) is 12.3. The minimum Gasteiger partial charge on any atom is -0.479 e. The number of carboxylic acid groups (broad SMARTS) is 1. The molecule has 1 heterocycles. The summed E-state index contributed by atoms with van der Waals surface area (Å²) in [6.07, 6.45) is 0.623. The smallest absolute Gasteiger partial charge is 0.333 e. The Morgan fingerprint density at radius 2 is 1.81 bits per heavy atom. The van der Waals surface area contributed by atoms with E-state index in [-0.39, 0.29) is 29.7 Å². The first kappa shape index (κ1) is 18.4. The molecule has 1 aliphatic heterocycles. The number of hydrogen-bond acceptors (Lipinski definition) is 4. The SMILES string of the molecule is CC(NC(=O)[C@@H]1C[C@H](C)[C@@H](C(=O)O)O1)c1ccc(NC(=O)C2CC2)cc1. The van der Waals surface area contributed by atoms with E-state index in [9.17, 15) is 14.4 Å². The molecule has 1 saturated carbocycles. The van der Waals surface area contributed by atoms with Gasteiger partial charge in [-0.05, 0) is 49.8 Å².